The van der Waals surface area contributed by atoms with E-state index in [1.807, 2.05) is 6.07 Å². The van der Waals surface area contributed by atoms with E-state index in [-0.39, 0.29) is 19.2 Å². The van der Waals surface area contributed by atoms with Crippen molar-refractivity contribution < 1.29 is 23.7 Å². The van der Waals surface area contributed by atoms with Crippen molar-refractivity contribution in [2.45, 2.75) is 6.92 Å². The summed E-state index contributed by atoms with van der Waals surface area (Å²) < 4.78 is 21.1. The highest BCUT2D eigenvalue weighted by Crippen LogP contribution is 2.31. The number of carbonyl (C=O) groups is 1. The van der Waals surface area contributed by atoms with Crippen LogP contribution in [0.25, 0.3) is 10.9 Å². The molecule has 0 aliphatic heterocycles. The fourth-order valence-corrected chi connectivity index (χ4v) is 1.79. The zero-order chi connectivity index (χ0) is 15.8. The van der Waals surface area contributed by atoms with Crippen LogP contribution in [0, 0.1) is 0 Å². The number of carbonyl (C=O) groups excluding carboxylic acids is 1. The maximum absolute atomic E-state index is 10.7. The van der Waals surface area contributed by atoms with Crippen LogP contribution in [0.2, 0.25) is 0 Å². The first-order chi connectivity index (χ1) is 10.7. The third kappa shape index (κ3) is 4.56. The van der Waals surface area contributed by atoms with Crippen molar-refractivity contribution in [3.05, 3.63) is 24.7 Å². The highest BCUT2D eigenvalue weighted by molar-refractivity contribution is 5.81. The largest absolute Gasteiger partial charge is 0.487 e. The zero-order valence-electron chi connectivity index (χ0n) is 12.6. The molecule has 1 heterocycles. The van der Waals surface area contributed by atoms with E-state index in [4.69, 9.17) is 18.9 Å². The number of hydrogen-bond donors (Lipinski definition) is 0. The van der Waals surface area contributed by atoms with Gasteiger partial charge in [0, 0.05) is 31.7 Å². The van der Waals surface area contributed by atoms with Gasteiger partial charge in [0.25, 0.3) is 0 Å². The van der Waals surface area contributed by atoms with Gasteiger partial charge in [-0.3, -0.25) is 4.79 Å². The van der Waals surface area contributed by atoms with Gasteiger partial charge in [0.1, 0.15) is 26.1 Å². The lowest BCUT2D eigenvalue weighted by molar-refractivity contribution is -0.141. The van der Waals surface area contributed by atoms with E-state index in [2.05, 4.69) is 9.97 Å². The van der Waals surface area contributed by atoms with Gasteiger partial charge in [0.05, 0.1) is 12.1 Å². The fourth-order valence-electron chi connectivity index (χ4n) is 1.79. The predicted octanol–water partition coefficient (Wildman–Crippen LogP) is 1.60. The van der Waals surface area contributed by atoms with Gasteiger partial charge < -0.3 is 18.9 Å². The van der Waals surface area contributed by atoms with E-state index in [9.17, 15) is 4.79 Å². The van der Waals surface area contributed by atoms with Crippen molar-refractivity contribution in [1.82, 2.24) is 9.97 Å². The van der Waals surface area contributed by atoms with E-state index < -0.39 is 0 Å². The molecule has 7 nitrogen and oxygen atoms in total. The Hall–Kier alpha value is -2.41. The highest BCUT2D eigenvalue weighted by Gasteiger charge is 2.09. The molecule has 2 aromatic rings. The molecule has 0 spiro atoms. The molecule has 7 heteroatoms. The Kier molecular flexibility index (Phi) is 5.91. The predicted molar refractivity (Wildman–Crippen MR) is 79.0 cm³/mol. The molecule has 0 atom stereocenters. The lowest BCUT2D eigenvalue weighted by Gasteiger charge is -2.13. The van der Waals surface area contributed by atoms with Crippen LogP contribution >= 0.6 is 0 Å². The van der Waals surface area contributed by atoms with Crippen LogP contribution in [-0.2, 0) is 14.3 Å². The van der Waals surface area contributed by atoms with Gasteiger partial charge in [-0.25, -0.2) is 9.97 Å². The number of nitrogens with zero attached hydrogens (tertiary/aromatic N) is 2. The summed E-state index contributed by atoms with van der Waals surface area (Å²) in [5.41, 5.74) is 0.747. The summed E-state index contributed by atoms with van der Waals surface area (Å²) in [6, 6.07) is 3.58. The van der Waals surface area contributed by atoms with E-state index in [1.165, 1.54) is 13.3 Å². The Morgan fingerprint density at radius 1 is 1.09 bits per heavy atom. The monoisotopic (exact) mass is 306 g/mol. The van der Waals surface area contributed by atoms with Gasteiger partial charge in [0.15, 0.2) is 11.5 Å². The zero-order valence-corrected chi connectivity index (χ0v) is 12.6. The summed E-state index contributed by atoms with van der Waals surface area (Å²) in [6.45, 7) is 2.63. The van der Waals surface area contributed by atoms with Crippen LogP contribution in [0.15, 0.2) is 24.7 Å². The second kappa shape index (κ2) is 8.14. The summed E-state index contributed by atoms with van der Waals surface area (Å²) in [4.78, 5) is 18.9. The second-order valence-corrected chi connectivity index (χ2v) is 4.41. The molecule has 0 bridgehead atoms. The van der Waals surface area contributed by atoms with E-state index >= 15 is 0 Å². The minimum Gasteiger partial charge on any atom is -0.487 e. The van der Waals surface area contributed by atoms with Gasteiger partial charge in [-0.2, -0.15) is 0 Å². The van der Waals surface area contributed by atoms with Crippen LogP contribution < -0.4 is 9.47 Å². The summed E-state index contributed by atoms with van der Waals surface area (Å²) in [5.74, 6) is 0.767. The standard InChI is InChI=1S/C15H18N2O5/c1-11(18)20-5-6-22-15-8-13-12(9-16-10-17-13)7-14(15)21-4-3-19-2/h7-10H,3-6H2,1-2H3. The number of esters is 1. The molecule has 0 unspecified atom stereocenters. The first kappa shape index (κ1) is 16.0. The van der Waals surface area contributed by atoms with Crippen LogP contribution in [0.1, 0.15) is 6.92 Å². The molecule has 2 rings (SSSR count). The Labute approximate surface area is 128 Å². The van der Waals surface area contributed by atoms with Crippen molar-refractivity contribution in [1.29, 1.82) is 0 Å². The van der Waals surface area contributed by atoms with E-state index in [0.29, 0.717) is 24.7 Å². The smallest absolute Gasteiger partial charge is 0.302 e. The van der Waals surface area contributed by atoms with Gasteiger partial charge in [-0.1, -0.05) is 0 Å². The number of aromatic nitrogens is 2. The van der Waals surface area contributed by atoms with Crippen LogP contribution in [0.4, 0.5) is 0 Å². The molecular weight excluding hydrogens is 288 g/mol. The first-order valence-corrected chi connectivity index (χ1v) is 6.82. The highest BCUT2D eigenvalue weighted by atomic mass is 16.6. The second-order valence-electron chi connectivity index (χ2n) is 4.41. The molecule has 0 amide bonds. The van der Waals surface area contributed by atoms with Crippen LogP contribution in [0.5, 0.6) is 11.5 Å². The first-order valence-electron chi connectivity index (χ1n) is 6.82. The molecular formula is C15H18N2O5. The topological polar surface area (TPSA) is 79.8 Å². The number of rotatable bonds is 8. The molecule has 118 valence electrons. The molecule has 1 aromatic carbocycles. The average molecular weight is 306 g/mol. The number of fused-ring (bicyclic) bond motifs is 1. The number of methoxy groups -OCH3 is 1. The summed E-state index contributed by atoms with van der Waals surface area (Å²) >= 11 is 0. The maximum Gasteiger partial charge on any atom is 0.302 e. The Morgan fingerprint density at radius 3 is 2.55 bits per heavy atom. The molecule has 0 aliphatic carbocycles. The summed E-state index contributed by atoms with van der Waals surface area (Å²) in [6.07, 6.45) is 3.17. The Balaban J connectivity index is 2.12. The minimum absolute atomic E-state index is 0.175. The Bertz CT molecular complexity index is 632. The molecule has 0 radical (unpaired) electrons. The molecule has 0 N–H and O–H groups in total. The van der Waals surface area contributed by atoms with Gasteiger partial charge >= 0.3 is 5.97 Å². The number of benzene rings is 1. The third-order valence-electron chi connectivity index (χ3n) is 2.76. The maximum atomic E-state index is 10.7. The fraction of sp³-hybridized carbons (Fsp3) is 0.400. The quantitative estimate of drug-likeness (QED) is 0.541. The van der Waals surface area contributed by atoms with E-state index in [1.54, 1.807) is 19.4 Å². The molecule has 0 saturated carbocycles. The van der Waals surface area contributed by atoms with Crippen molar-refractivity contribution in [2.75, 3.05) is 33.5 Å². The van der Waals surface area contributed by atoms with Gasteiger partial charge in [-0.15, -0.1) is 0 Å². The number of ether oxygens (including phenoxy) is 4. The molecule has 22 heavy (non-hydrogen) atoms. The van der Waals surface area contributed by atoms with Crippen molar-refractivity contribution >= 4 is 16.9 Å². The summed E-state index contributed by atoms with van der Waals surface area (Å²) in [5, 5.41) is 0.849. The van der Waals surface area contributed by atoms with Crippen molar-refractivity contribution in [3.8, 4) is 11.5 Å². The van der Waals surface area contributed by atoms with Gasteiger partial charge in [-0.05, 0) is 6.07 Å². The van der Waals surface area contributed by atoms with Gasteiger partial charge in [0.2, 0.25) is 0 Å². The third-order valence-corrected chi connectivity index (χ3v) is 2.76. The van der Waals surface area contributed by atoms with Crippen LogP contribution in [-0.4, -0.2) is 49.5 Å². The lowest BCUT2D eigenvalue weighted by atomic mass is 10.2. The molecule has 0 saturated heterocycles. The molecule has 0 aliphatic rings. The number of hydrogen-bond acceptors (Lipinski definition) is 7. The Morgan fingerprint density at radius 2 is 1.82 bits per heavy atom. The molecule has 1 aromatic heterocycles. The minimum atomic E-state index is -0.341. The van der Waals surface area contributed by atoms with E-state index in [0.717, 1.165) is 10.9 Å². The SMILES string of the molecule is COCCOc1cc2cncnc2cc1OCCOC(C)=O. The van der Waals surface area contributed by atoms with Crippen LogP contribution in [0.3, 0.4) is 0 Å². The molecule has 0 fully saturated rings. The normalized spacial score (nSPS) is 10.5. The van der Waals surface area contributed by atoms with Crippen molar-refractivity contribution in [2.24, 2.45) is 0 Å². The van der Waals surface area contributed by atoms with Crippen molar-refractivity contribution in [3.63, 3.8) is 0 Å². The summed E-state index contributed by atoms with van der Waals surface area (Å²) in [7, 11) is 1.61. The average Bonchev–Trinajstić information content (AvgIpc) is 2.51. The lowest BCUT2D eigenvalue weighted by Crippen LogP contribution is -2.11.